The number of aliphatic hydroxyl groups excluding tert-OH is 1. The first kappa shape index (κ1) is 17.7. The lowest BCUT2D eigenvalue weighted by atomic mass is 10.1. The van der Waals surface area contributed by atoms with Crippen molar-refractivity contribution in [1.82, 2.24) is 4.90 Å². The van der Waals surface area contributed by atoms with Crippen molar-refractivity contribution in [3.63, 3.8) is 0 Å². The second-order valence-electron chi connectivity index (χ2n) is 4.65. The number of esters is 1. The summed E-state index contributed by atoms with van der Waals surface area (Å²) in [7, 11) is 2.83. The van der Waals surface area contributed by atoms with Crippen LogP contribution in [0.3, 0.4) is 0 Å². The van der Waals surface area contributed by atoms with Crippen LogP contribution in [-0.4, -0.2) is 49.3 Å². The molecule has 0 heterocycles. The average molecular weight is 307 g/mol. The zero-order valence-electron chi connectivity index (χ0n) is 13.0. The summed E-state index contributed by atoms with van der Waals surface area (Å²) in [5, 5.41) is 9.13. The van der Waals surface area contributed by atoms with E-state index in [4.69, 9.17) is 9.84 Å². The molecule has 0 saturated heterocycles. The van der Waals surface area contributed by atoms with Gasteiger partial charge in [-0.1, -0.05) is 12.1 Å². The summed E-state index contributed by atoms with van der Waals surface area (Å²) in [6, 6.07) is 7.29. The lowest BCUT2D eigenvalue weighted by Crippen LogP contribution is -2.33. The predicted octanol–water partition coefficient (Wildman–Crippen LogP) is 1.14. The second-order valence-corrected chi connectivity index (χ2v) is 4.65. The molecule has 0 bridgehead atoms. The van der Waals surface area contributed by atoms with Crippen molar-refractivity contribution >= 4 is 11.9 Å². The fourth-order valence-electron chi connectivity index (χ4n) is 1.87. The van der Waals surface area contributed by atoms with Crippen molar-refractivity contribution in [2.24, 2.45) is 0 Å². The summed E-state index contributed by atoms with van der Waals surface area (Å²) in [4.78, 5) is 25.0. The summed E-state index contributed by atoms with van der Waals surface area (Å²) >= 11 is 0. The molecule has 0 fully saturated rings. The summed E-state index contributed by atoms with van der Waals surface area (Å²) in [6.07, 6.45) is 1.14. The van der Waals surface area contributed by atoms with E-state index in [1.54, 1.807) is 19.2 Å². The fraction of sp³-hybridized carbons (Fsp3) is 0.375. The van der Waals surface area contributed by atoms with Crippen LogP contribution in [0, 0.1) is 0 Å². The summed E-state index contributed by atoms with van der Waals surface area (Å²) in [5.74, 6) is -0.180. The highest BCUT2D eigenvalue weighted by Gasteiger charge is 2.16. The number of hydrogen-bond acceptors (Lipinski definition) is 5. The third kappa shape index (κ3) is 5.21. The monoisotopic (exact) mass is 307 g/mol. The van der Waals surface area contributed by atoms with Crippen LogP contribution in [0.1, 0.15) is 12.5 Å². The number of carbonyl (C=O) groups excluding carboxylic acids is 2. The third-order valence-corrected chi connectivity index (χ3v) is 3.06. The van der Waals surface area contributed by atoms with Crippen molar-refractivity contribution in [2.75, 3.05) is 27.4 Å². The number of methoxy groups -OCH3 is 2. The molecule has 0 aliphatic rings. The Kier molecular flexibility index (Phi) is 7.12. The van der Waals surface area contributed by atoms with E-state index in [-0.39, 0.29) is 24.6 Å². The number of amides is 1. The van der Waals surface area contributed by atoms with Gasteiger partial charge in [-0.2, -0.15) is 0 Å². The van der Waals surface area contributed by atoms with Crippen LogP contribution in [0.5, 0.6) is 5.75 Å². The van der Waals surface area contributed by atoms with Gasteiger partial charge in [-0.15, -0.1) is 0 Å². The van der Waals surface area contributed by atoms with E-state index >= 15 is 0 Å². The Hall–Kier alpha value is -2.34. The zero-order valence-corrected chi connectivity index (χ0v) is 13.0. The van der Waals surface area contributed by atoms with Gasteiger partial charge in [0.15, 0.2) is 0 Å². The number of ether oxygens (including phenoxy) is 2. The van der Waals surface area contributed by atoms with E-state index in [0.717, 1.165) is 17.4 Å². The molecule has 0 aliphatic carbocycles. The standard InChI is InChI=1S/C16H21NO5/c1-12(10-15(19)22-3)16(20)17(8-9-18)11-13-4-6-14(21-2)7-5-13/h4-7,10,18H,8-9,11H2,1-3H3. The Bertz CT molecular complexity index is 536. The third-order valence-electron chi connectivity index (χ3n) is 3.06. The Morgan fingerprint density at radius 2 is 1.86 bits per heavy atom. The normalized spacial score (nSPS) is 11.0. The van der Waals surface area contributed by atoms with Crippen LogP contribution in [0.15, 0.2) is 35.9 Å². The Morgan fingerprint density at radius 3 is 2.36 bits per heavy atom. The topological polar surface area (TPSA) is 76.1 Å². The molecule has 0 atom stereocenters. The second kappa shape index (κ2) is 8.84. The lowest BCUT2D eigenvalue weighted by molar-refractivity contribution is -0.135. The van der Waals surface area contributed by atoms with Crippen LogP contribution in [0.25, 0.3) is 0 Å². The SMILES string of the molecule is COC(=O)C=C(C)C(=O)N(CCO)Cc1ccc(OC)cc1. The predicted molar refractivity (Wildman–Crippen MR) is 81.3 cm³/mol. The minimum Gasteiger partial charge on any atom is -0.497 e. The molecule has 120 valence electrons. The Morgan fingerprint density at radius 1 is 1.23 bits per heavy atom. The Balaban J connectivity index is 2.85. The van der Waals surface area contributed by atoms with Gasteiger partial charge in [-0.25, -0.2) is 4.79 Å². The van der Waals surface area contributed by atoms with Gasteiger partial charge in [0.1, 0.15) is 5.75 Å². The molecule has 0 aromatic heterocycles. The van der Waals surface area contributed by atoms with Crippen LogP contribution in [0.4, 0.5) is 0 Å². The maximum atomic E-state index is 12.3. The van der Waals surface area contributed by atoms with E-state index < -0.39 is 5.97 Å². The van der Waals surface area contributed by atoms with E-state index in [9.17, 15) is 9.59 Å². The maximum absolute atomic E-state index is 12.3. The molecule has 1 aromatic carbocycles. The summed E-state index contributed by atoms with van der Waals surface area (Å²) in [5.41, 5.74) is 1.15. The van der Waals surface area contributed by atoms with Gasteiger partial charge in [-0.05, 0) is 24.6 Å². The van der Waals surface area contributed by atoms with Gasteiger partial charge < -0.3 is 19.5 Å². The molecule has 0 spiro atoms. The molecule has 0 saturated carbocycles. The number of rotatable bonds is 7. The minimum absolute atomic E-state index is 0.159. The van der Waals surface area contributed by atoms with Crippen molar-refractivity contribution in [3.8, 4) is 5.75 Å². The molecule has 1 N–H and O–H groups in total. The van der Waals surface area contributed by atoms with E-state index in [0.29, 0.717) is 6.54 Å². The lowest BCUT2D eigenvalue weighted by Gasteiger charge is -2.22. The maximum Gasteiger partial charge on any atom is 0.330 e. The quantitative estimate of drug-likeness (QED) is 0.604. The highest BCUT2D eigenvalue weighted by molar-refractivity contribution is 5.98. The molecular formula is C16H21NO5. The molecule has 6 nitrogen and oxygen atoms in total. The number of hydrogen-bond donors (Lipinski definition) is 1. The smallest absolute Gasteiger partial charge is 0.330 e. The van der Waals surface area contributed by atoms with Gasteiger partial charge in [0.2, 0.25) is 5.91 Å². The van der Waals surface area contributed by atoms with Crippen LogP contribution >= 0.6 is 0 Å². The number of carbonyl (C=O) groups is 2. The van der Waals surface area contributed by atoms with Gasteiger partial charge in [0, 0.05) is 24.7 Å². The Labute approximate surface area is 129 Å². The van der Waals surface area contributed by atoms with Gasteiger partial charge in [0.25, 0.3) is 0 Å². The highest BCUT2D eigenvalue weighted by Crippen LogP contribution is 2.14. The van der Waals surface area contributed by atoms with Crippen molar-refractivity contribution < 1.29 is 24.2 Å². The zero-order chi connectivity index (χ0) is 16.5. The molecular weight excluding hydrogens is 286 g/mol. The molecule has 22 heavy (non-hydrogen) atoms. The van der Waals surface area contributed by atoms with Crippen LogP contribution in [0.2, 0.25) is 0 Å². The number of benzene rings is 1. The van der Waals surface area contributed by atoms with Crippen molar-refractivity contribution in [1.29, 1.82) is 0 Å². The largest absolute Gasteiger partial charge is 0.497 e. The van der Waals surface area contributed by atoms with E-state index in [1.165, 1.54) is 18.9 Å². The summed E-state index contributed by atoms with van der Waals surface area (Å²) in [6.45, 7) is 1.89. The molecule has 0 unspecified atom stereocenters. The van der Waals surface area contributed by atoms with Gasteiger partial charge in [-0.3, -0.25) is 4.79 Å². The summed E-state index contributed by atoms with van der Waals surface area (Å²) < 4.78 is 9.59. The van der Waals surface area contributed by atoms with E-state index in [2.05, 4.69) is 4.74 Å². The molecule has 6 heteroatoms. The van der Waals surface area contributed by atoms with Crippen LogP contribution in [-0.2, 0) is 20.9 Å². The van der Waals surface area contributed by atoms with Crippen LogP contribution < -0.4 is 4.74 Å². The first-order valence-corrected chi connectivity index (χ1v) is 6.81. The van der Waals surface area contributed by atoms with E-state index in [1.807, 2.05) is 12.1 Å². The first-order valence-electron chi connectivity index (χ1n) is 6.81. The average Bonchev–Trinajstić information content (AvgIpc) is 2.54. The first-order chi connectivity index (χ1) is 10.5. The van der Waals surface area contributed by atoms with Crippen molar-refractivity contribution in [3.05, 3.63) is 41.5 Å². The molecule has 0 aliphatic heterocycles. The van der Waals surface area contributed by atoms with Gasteiger partial charge in [0.05, 0.1) is 20.8 Å². The van der Waals surface area contributed by atoms with Gasteiger partial charge >= 0.3 is 5.97 Å². The highest BCUT2D eigenvalue weighted by atomic mass is 16.5. The molecule has 1 rings (SSSR count). The number of aliphatic hydroxyl groups is 1. The fourth-order valence-corrected chi connectivity index (χ4v) is 1.87. The van der Waals surface area contributed by atoms with Crippen molar-refractivity contribution in [2.45, 2.75) is 13.5 Å². The molecule has 1 amide bonds. The number of nitrogens with zero attached hydrogens (tertiary/aromatic N) is 1. The minimum atomic E-state index is -0.584. The molecule has 0 radical (unpaired) electrons. The molecule has 1 aromatic rings.